The fourth-order valence-electron chi connectivity index (χ4n) is 1.96. The van der Waals surface area contributed by atoms with Gasteiger partial charge in [0, 0.05) is 32.1 Å². The molecular weight excluding hydrogens is 246 g/mol. The summed E-state index contributed by atoms with van der Waals surface area (Å²) in [7, 11) is 1.71. The average Bonchev–Trinajstić information content (AvgIpc) is 2.65. The highest BCUT2D eigenvalue weighted by Gasteiger charge is 2.12. The molecule has 106 valence electrons. The number of aliphatic carboxylic acids is 1. The lowest BCUT2D eigenvalue weighted by Gasteiger charge is -2.16. The molecule has 1 rings (SSSR count). The van der Waals surface area contributed by atoms with Gasteiger partial charge in [0.15, 0.2) is 0 Å². The SMILES string of the molecule is Cc1n[nH]c(C)c1CCC(=O)N(C)CCCC(=O)O. The lowest BCUT2D eigenvalue weighted by molar-refractivity contribution is -0.138. The molecule has 6 nitrogen and oxygen atoms in total. The summed E-state index contributed by atoms with van der Waals surface area (Å²) >= 11 is 0. The maximum atomic E-state index is 11.9. The number of aromatic amines is 1. The first-order valence-electron chi connectivity index (χ1n) is 6.38. The first-order chi connectivity index (χ1) is 8.91. The Morgan fingerprint density at radius 1 is 1.32 bits per heavy atom. The summed E-state index contributed by atoms with van der Waals surface area (Å²) < 4.78 is 0. The zero-order valence-electron chi connectivity index (χ0n) is 11.7. The van der Waals surface area contributed by atoms with Crippen LogP contribution < -0.4 is 0 Å². The first-order valence-corrected chi connectivity index (χ1v) is 6.38. The third kappa shape index (κ3) is 4.73. The molecule has 0 aliphatic carbocycles. The molecule has 0 aromatic carbocycles. The molecular formula is C13H21N3O3. The van der Waals surface area contributed by atoms with Gasteiger partial charge < -0.3 is 10.0 Å². The zero-order chi connectivity index (χ0) is 14.4. The van der Waals surface area contributed by atoms with Crippen molar-refractivity contribution in [1.82, 2.24) is 15.1 Å². The third-order valence-electron chi connectivity index (χ3n) is 3.18. The van der Waals surface area contributed by atoms with Crippen molar-refractivity contribution in [1.29, 1.82) is 0 Å². The molecule has 0 saturated heterocycles. The van der Waals surface area contributed by atoms with E-state index in [0.29, 0.717) is 25.8 Å². The standard InChI is InChI=1S/C13H21N3O3/c1-9-11(10(2)15-14-9)6-7-12(17)16(3)8-4-5-13(18)19/h4-8H2,1-3H3,(H,14,15)(H,18,19). The number of H-pyrrole nitrogens is 1. The van der Waals surface area contributed by atoms with E-state index in [4.69, 9.17) is 5.11 Å². The van der Waals surface area contributed by atoms with Crippen LogP contribution in [-0.2, 0) is 16.0 Å². The minimum Gasteiger partial charge on any atom is -0.481 e. The van der Waals surface area contributed by atoms with Crippen LogP contribution in [0.15, 0.2) is 0 Å². The monoisotopic (exact) mass is 267 g/mol. The van der Waals surface area contributed by atoms with E-state index in [1.165, 1.54) is 0 Å². The van der Waals surface area contributed by atoms with Crippen LogP contribution >= 0.6 is 0 Å². The second kappa shape index (κ2) is 6.92. The predicted molar refractivity (Wildman–Crippen MR) is 70.9 cm³/mol. The number of carbonyl (C=O) groups excluding carboxylic acids is 1. The molecule has 6 heteroatoms. The molecule has 0 aliphatic rings. The largest absolute Gasteiger partial charge is 0.481 e. The van der Waals surface area contributed by atoms with E-state index < -0.39 is 5.97 Å². The number of carbonyl (C=O) groups is 2. The van der Waals surface area contributed by atoms with Gasteiger partial charge in [0.1, 0.15) is 0 Å². The Labute approximate surface area is 112 Å². The van der Waals surface area contributed by atoms with Crippen LogP contribution in [0.3, 0.4) is 0 Å². The van der Waals surface area contributed by atoms with Crippen LogP contribution in [0.1, 0.15) is 36.2 Å². The lowest BCUT2D eigenvalue weighted by atomic mass is 10.1. The fraction of sp³-hybridized carbons (Fsp3) is 0.615. The topological polar surface area (TPSA) is 86.3 Å². The van der Waals surface area contributed by atoms with Gasteiger partial charge >= 0.3 is 5.97 Å². The minimum absolute atomic E-state index is 0.0328. The van der Waals surface area contributed by atoms with E-state index in [1.807, 2.05) is 13.8 Å². The second-order valence-corrected chi connectivity index (χ2v) is 4.73. The van der Waals surface area contributed by atoms with E-state index in [0.717, 1.165) is 17.0 Å². The van der Waals surface area contributed by atoms with Crippen molar-refractivity contribution in [3.05, 3.63) is 17.0 Å². The van der Waals surface area contributed by atoms with Gasteiger partial charge in [-0.2, -0.15) is 5.10 Å². The van der Waals surface area contributed by atoms with Gasteiger partial charge in [0.25, 0.3) is 0 Å². The van der Waals surface area contributed by atoms with Gasteiger partial charge in [0.05, 0.1) is 5.69 Å². The highest BCUT2D eigenvalue weighted by Crippen LogP contribution is 2.12. The molecule has 2 N–H and O–H groups in total. The molecule has 0 radical (unpaired) electrons. The summed E-state index contributed by atoms with van der Waals surface area (Å²) in [6.45, 7) is 4.34. The number of rotatable bonds is 7. The normalized spacial score (nSPS) is 10.5. The van der Waals surface area contributed by atoms with E-state index in [2.05, 4.69) is 10.2 Å². The van der Waals surface area contributed by atoms with Crippen molar-refractivity contribution in [2.24, 2.45) is 0 Å². The molecule has 0 aliphatic heterocycles. The highest BCUT2D eigenvalue weighted by molar-refractivity contribution is 5.76. The van der Waals surface area contributed by atoms with Crippen LogP contribution in [0.4, 0.5) is 0 Å². The average molecular weight is 267 g/mol. The smallest absolute Gasteiger partial charge is 0.303 e. The van der Waals surface area contributed by atoms with Gasteiger partial charge in [-0.3, -0.25) is 14.7 Å². The lowest BCUT2D eigenvalue weighted by Crippen LogP contribution is -2.28. The van der Waals surface area contributed by atoms with Gasteiger partial charge in [-0.25, -0.2) is 0 Å². The van der Waals surface area contributed by atoms with Gasteiger partial charge in [0.2, 0.25) is 5.91 Å². The maximum absolute atomic E-state index is 11.9. The molecule has 1 amide bonds. The Kier molecular flexibility index (Phi) is 5.54. The first kappa shape index (κ1) is 15.2. The van der Waals surface area contributed by atoms with Crippen LogP contribution in [0, 0.1) is 13.8 Å². The van der Waals surface area contributed by atoms with Crippen molar-refractivity contribution < 1.29 is 14.7 Å². The van der Waals surface area contributed by atoms with Crippen LogP contribution in [-0.4, -0.2) is 45.7 Å². The van der Waals surface area contributed by atoms with Crippen molar-refractivity contribution in [3.63, 3.8) is 0 Å². The number of hydrogen-bond acceptors (Lipinski definition) is 3. The number of nitrogens with zero attached hydrogens (tertiary/aromatic N) is 2. The summed E-state index contributed by atoms with van der Waals surface area (Å²) in [5.74, 6) is -0.795. The minimum atomic E-state index is -0.828. The molecule has 1 aromatic heterocycles. The maximum Gasteiger partial charge on any atom is 0.303 e. The summed E-state index contributed by atoms with van der Waals surface area (Å²) in [5, 5.41) is 15.5. The van der Waals surface area contributed by atoms with E-state index in [9.17, 15) is 9.59 Å². The number of aromatic nitrogens is 2. The number of nitrogens with one attached hydrogen (secondary N) is 1. The van der Waals surface area contributed by atoms with Gasteiger partial charge in [-0.05, 0) is 32.3 Å². The fourth-order valence-corrected chi connectivity index (χ4v) is 1.96. The van der Waals surface area contributed by atoms with Crippen molar-refractivity contribution in [3.8, 4) is 0 Å². The molecule has 1 heterocycles. The molecule has 0 fully saturated rings. The van der Waals surface area contributed by atoms with E-state index in [-0.39, 0.29) is 12.3 Å². The summed E-state index contributed by atoms with van der Waals surface area (Å²) in [6.07, 6.45) is 1.67. The van der Waals surface area contributed by atoms with Gasteiger partial charge in [-0.1, -0.05) is 0 Å². The summed E-state index contributed by atoms with van der Waals surface area (Å²) in [5.41, 5.74) is 3.02. The zero-order valence-corrected chi connectivity index (χ0v) is 11.7. The van der Waals surface area contributed by atoms with Crippen LogP contribution in [0.5, 0.6) is 0 Å². The van der Waals surface area contributed by atoms with Crippen LogP contribution in [0.25, 0.3) is 0 Å². The van der Waals surface area contributed by atoms with Gasteiger partial charge in [-0.15, -0.1) is 0 Å². The number of carboxylic acid groups (broad SMARTS) is 1. The number of amides is 1. The number of carboxylic acids is 1. The number of aryl methyl sites for hydroxylation is 2. The van der Waals surface area contributed by atoms with Crippen molar-refractivity contribution in [2.45, 2.75) is 39.5 Å². The summed E-state index contributed by atoms with van der Waals surface area (Å²) in [4.78, 5) is 23.9. The molecule has 1 aromatic rings. The Hall–Kier alpha value is -1.85. The molecule has 19 heavy (non-hydrogen) atoms. The molecule has 0 atom stereocenters. The highest BCUT2D eigenvalue weighted by atomic mass is 16.4. The second-order valence-electron chi connectivity index (χ2n) is 4.73. The van der Waals surface area contributed by atoms with Crippen molar-refractivity contribution >= 4 is 11.9 Å². The quantitative estimate of drug-likeness (QED) is 0.779. The van der Waals surface area contributed by atoms with E-state index in [1.54, 1.807) is 11.9 Å². The van der Waals surface area contributed by atoms with Crippen molar-refractivity contribution in [2.75, 3.05) is 13.6 Å². The molecule has 0 unspecified atom stereocenters. The Bertz CT molecular complexity index is 434. The molecule has 0 bridgehead atoms. The molecule has 0 spiro atoms. The third-order valence-corrected chi connectivity index (χ3v) is 3.18. The Balaban J connectivity index is 2.36. The Morgan fingerprint density at radius 2 is 2.00 bits per heavy atom. The summed E-state index contributed by atoms with van der Waals surface area (Å²) in [6, 6.07) is 0. The molecule has 0 saturated carbocycles. The van der Waals surface area contributed by atoms with Crippen LogP contribution in [0.2, 0.25) is 0 Å². The predicted octanol–water partition coefficient (Wildman–Crippen LogP) is 1.28. The Morgan fingerprint density at radius 3 is 2.53 bits per heavy atom. The number of hydrogen-bond donors (Lipinski definition) is 2. The van der Waals surface area contributed by atoms with E-state index >= 15 is 0 Å².